The highest BCUT2D eigenvalue weighted by atomic mass is 15.1. The van der Waals surface area contributed by atoms with Gasteiger partial charge in [-0.25, -0.2) is 4.98 Å². The molecule has 1 saturated carbocycles. The topological polar surface area (TPSA) is 29.3 Å². The van der Waals surface area contributed by atoms with Gasteiger partial charge >= 0.3 is 0 Å². The van der Waals surface area contributed by atoms with Crippen LogP contribution in [0.4, 0.5) is 0 Å². The molecule has 0 spiro atoms. The van der Waals surface area contributed by atoms with E-state index in [2.05, 4.69) is 20.9 Å². The standard InChI is InChI=1S/C11H13N3/c1-12-11(5-6-11)9-8-13-10-4-2-3-7-14(9)10/h2-4,7-8,12H,5-6H2,1H3. The summed E-state index contributed by atoms with van der Waals surface area (Å²) in [6.45, 7) is 0. The van der Waals surface area contributed by atoms with Crippen LogP contribution in [0, 0.1) is 0 Å². The molecule has 0 radical (unpaired) electrons. The van der Waals surface area contributed by atoms with Gasteiger partial charge in [0.15, 0.2) is 0 Å². The first-order valence-electron chi connectivity index (χ1n) is 4.97. The largest absolute Gasteiger partial charge is 0.309 e. The van der Waals surface area contributed by atoms with Crippen molar-refractivity contribution >= 4 is 5.65 Å². The Morgan fingerprint density at radius 2 is 2.29 bits per heavy atom. The van der Waals surface area contributed by atoms with E-state index in [4.69, 9.17) is 0 Å². The Balaban J connectivity index is 2.22. The lowest BCUT2D eigenvalue weighted by atomic mass is 10.2. The zero-order chi connectivity index (χ0) is 9.60. The number of nitrogens with zero attached hydrogens (tertiary/aromatic N) is 2. The highest BCUT2D eigenvalue weighted by molar-refractivity contribution is 5.42. The molecule has 1 aliphatic rings. The van der Waals surface area contributed by atoms with Crippen LogP contribution < -0.4 is 5.32 Å². The number of imidazole rings is 1. The van der Waals surface area contributed by atoms with Crippen molar-refractivity contribution < 1.29 is 0 Å². The quantitative estimate of drug-likeness (QED) is 0.772. The first-order chi connectivity index (χ1) is 6.86. The molecular formula is C11H13N3. The van der Waals surface area contributed by atoms with E-state index in [1.54, 1.807) is 0 Å². The molecule has 1 fully saturated rings. The number of nitrogens with one attached hydrogen (secondary N) is 1. The summed E-state index contributed by atoms with van der Waals surface area (Å²) in [6, 6.07) is 6.10. The van der Waals surface area contributed by atoms with Crippen LogP contribution in [0.25, 0.3) is 5.65 Å². The number of fused-ring (bicyclic) bond motifs is 1. The van der Waals surface area contributed by atoms with E-state index in [-0.39, 0.29) is 5.54 Å². The average molecular weight is 187 g/mol. The molecule has 0 amide bonds. The van der Waals surface area contributed by atoms with Gasteiger partial charge in [0.2, 0.25) is 0 Å². The fourth-order valence-corrected chi connectivity index (χ4v) is 2.05. The van der Waals surface area contributed by atoms with Crippen molar-refractivity contribution in [3.63, 3.8) is 0 Å². The van der Waals surface area contributed by atoms with Gasteiger partial charge in [-0.15, -0.1) is 0 Å². The van der Waals surface area contributed by atoms with Gasteiger partial charge in [0, 0.05) is 6.20 Å². The third-order valence-corrected chi connectivity index (χ3v) is 3.14. The van der Waals surface area contributed by atoms with Crippen molar-refractivity contribution in [3.8, 4) is 0 Å². The van der Waals surface area contributed by atoms with Crippen molar-refractivity contribution in [2.24, 2.45) is 0 Å². The zero-order valence-electron chi connectivity index (χ0n) is 8.20. The van der Waals surface area contributed by atoms with Crippen LogP contribution in [0.2, 0.25) is 0 Å². The number of hydrogen-bond donors (Lipinski definition) is 1. The first-order valence-corrected chi connectivity index (χ1v) is 4.97. The summed E-state index contributed by atoms with van der Waals surface area (Å²) in [6.07, 6.45) is 6.49. The molecular weight excluding hydrogens is 174 g/mol. The fraction of sp³-hybridized carbons (Fsp3) is 0.364. The maximum atomic E-state index is 4.40. The highest BCUT2D eigenvalue weighted by Gasteiger charge is 2.44. The smallest absolute Gasteiger partial charge is 0.136 e. The lowest BCUT2D eigenvalue weighted by Crippen LogP contribution is -2.25. The van der Waals surface area contributed by atoms with Crippen LogP contribution in [0.5, 0.6) is 0 Å². The first kappa shape index (κ1) is 8.00. The summed E-state index contributed by atoms with van der Waals surface area (Å²) in [7, 11) is 2.02. The molecule has 0 atom stereocenters. The van der Waals surface area contributed by atoms with E-state index in [1.807, 2.05) is 31.4 Å². The van der Waals surface area contributed by atoms with Gasteiger partial charge in [-0.05, 0) is 32.0 Å². The van der Waals surface area contributed by atoms with E-state index in [0.717, 1.165) is 5.65 Å². The molecule has 0 bridgehead atoms. The van der Waals surface area contributed by atoms with Crippen LogP contribution >= 0.6 is 0 Å². The van der Waals surface area contributed by atoms with Gasteiger partial charge in [0.1, 0.15) is 5.65 Å². The number of aromatic nitrogens is 2. The van der Waals surface area contributed by atoms with Gasteiger partial charge in [-0.3, -0.25) is 0 Å². The predicted octanol–water partition coefficient (Wildman–Crippen LogP) is 1.54. The minimum atomic E-state index is 0.195. The van der Waals surface area contributed by atoms with Crippen molar-refractivity contribution in [2.45, 2.75) is 18.4 Å². The normalized spacial score (nSPS) is 18.6. The molecule has 1 N–H and O–H groups in total. The number of pyridine rings is 1. The van der Waals surface area contributed by atoms with Crippen molar-refractivity contribution in [1.82, 2.24) is 14.7 Å². The third-order valence-electron chi connectivity index (χ3n) is 3.14. The van der Waals surface area contributed by atoms with Gasteiger partial charge < -0.3 is 9.72 Å². The highest BCUT2D eigenvalue weighted by Crippen LogP contribution is 2.44. The van der Waals surface area contributed by atoms with Crippen molar-refractivity contribution in [2.75, 3.05) is 7.05 Å². The van der Waals surface area contributed by atoms with E-state index in [1.165, 1.54) is 18.5 Å². The summed E-state index contributed by atoms with van der Waals surface area (Å²) in [5.74, 6) is 0. The van der Waals surface area contributed by atoms with E-state index < -0.39 is 0 Å². The molecule has 2 aromatic heterocycles. The Morgan fingerprint density at radius 3 is 3.00 bits per heavy atom. The second-order valence-electron chi connectivity index (χ2n) is 3.90. The summed E-state index contributed by atoms with van der Waals surface area (Å²) >= 11 is 0. The van der Waals surface area contributed by atoms with Crippen LogP contribution in [0.15, 0.2) is 30.6 Å². The fourth-order valence-electron chi connectivity index (χ4n) is 2.05. The molecule has 1 aliphatic carbocycles. The molecule has 3 nitrogen and oxygen atoms in total. The number of hydrogen-bond acceptors (Lipinski definition) is 2. The second-order valence-corrected chi connectivity index (χ2v) is 3.90. The minimum Gasteiger partial charge on any atom is -0.309 e. The molecule has 0 aliphatic heterocycles. The second kappa shape index (κ2) is 2.58. The average Bonchev–Trinajstić information content (AvgIpc) is 2.91. The number of rotatable bonds is 2. The Bertz CT molecular complexity index is 468. The summed E-state index contributed by atoms with van der Waals surface area (Å²) in [5.41, 5.74) is 2.51. The zero-order valence-corrected chi connectivity index (χ0v) is 8.20. The van der Waals surface area contributed by atoms with Gasteiger partial charge in [-0.2, -0.15) is 0 Å². The van der Waals surface area contributed by atoms with Crippen LogP contribution in [-0.2, 0) is 5.54 Å². The Hall–Kier alpha value is -1.35. The van der Waals surface area contributed by atoms with Gasteiger partial charge in [-0.1, -0.05) is 6.07 Å². The monoisotopic (exact) mass is 187 g/mol. The molecule has 2 aromatic rings. The van der Waals surface area contributed by atoms with Gasteiger partial charge in [0.05, 0.1) is 17.4 Å². The van der Waals surface area contributed by atoms with E-state index >= 15 is 0 Å². The maximum absolute atomic E-state index is 4.40. The third kappa shape index (κ3) is 0.930. The minimum absolute atomic E-state index is 0.195. The summed E-state index contributed by atoms with van der Waals surface area (Å²) in [5, 5.41) is 3.39. The molecule has 0 unspecified atom stereocenters. The lowest BCUT2D eigenvalue weighted by Gasteiger charge is -2.13. The maximum Gasteiger partial charge on any atom is 0.136 e. The van der Waals surface area contributed by atoms with E-state index in [0.29, 0.717) is 0 Å². The molecule has 72 valence electrons. The summed E-state index contributed by atoms with van der Waals surface area (Å²) < 4.78 is 2.17. The molecule has 2 heterocycles. The molecule has 0 saturated heterocycles. The van der Waals surface area contributed by atoms with Crippen molar-refractivity contribution in [3.05, 3.63) is 36.3 Å². The van der Waals surface area contributed by atoms with Crippen LogP contribution in [-0.4, -0.2) is 16.4 Å². The SMILES string of the molecule is CNC1(c2cnc3ccccn23)CC1. The predicted molar refractivity (Wildman–Crippen MR) is 55.2 cm³/mol. The van der Waals surface area contributed by atoms with Crippen LogP contribution in [0.3, 0.4) is 0 Å². The molecule has 3 heteroatoms. The molecule has 14 heavy (non-hydrogen) atoms. The van der Waals surface area contributed by atoms with Crippen molar-refractivity contribution in [1.29, 1.82) is 0 Å². The van der Waals surface area contributed by atoms with E-state index in [9.17, 15) is 0 Å². The Labute approximate surface area is 82.8 Å². The Morgan fingerprint density at radius 1 is 1.43 bits per heavy atom. The summed E-state index contributed by atoms with van der Waals surface area (Å²) in [4.78, 5) is 4.40. The van der Waals surface area contributed by atoms with Crippen LogP contribution in [0.1, 0.15) is 18.5 Å². The lowest BCUT2D eigenvalue weighted by molar-refractivity contribution is 0.563. The molecule has 0 aromatic carbocycles. The Kier molecular flexibility index (Phi) is 1.47. The van der Waals surface area contributed by atoms with Gasteiger partial charge in [0.25, 0.3) is 0 Å². The molecule has 3 rings (SSSR count).